The third-order valence-electron chi connectivity index (χ3n) is 2.70. The molecule has 0 aromatic rings. The zero-order valence-electron chi connectivity index (χ0n) is 9.48. The number of hydrogen-bond donors (Lipinski definition) is 2. The van der Waals surface area contributed by atoms with E-state index in [1.54, 1.807) is 6.20 Å². The number of aromatic amines is 1. The van der Waals surface area contributed by atoms with Gasteiger partial charge in [-0.05, 0) is 31.4 Å². The second-order valence-electron chi connectivity index (χ2n) is 4.08. The highest BCUT2D eigenvalue weighted by molar-refractivity contribution is 5.56. The van der Waals surface area contributed by atoms with Gasteiger partial charge in [-0.15, -0.1) is 0 Å². The highest BCUT2D eigenvalue weighted by atomic mass is 16.3. The Kier molecular flexibility index (Phi) is 3.51. The third-order valence-corrected chi connectivity index (χ3v) is 2.70. The molecule has 0 aromatic carbocycles. The van der Waals surface area contributed by atoms with Crippen molar-refractivity contribution in [3.63, 3.8) is 0 Å². The fourth-order valence-electron chi connectivity index (χ4n) is 1.84. The molecule has 2 heterocycles. The Balaban J connectivity index is 1.97. The summed E-state index contributed by atoms with van der Waals surface area (Å²) in [4.78, 5) is 4.46. The maximum atomic E-state index is 9.64. The minimum Gasteiger partial charge on any atom is -0.393 e. The highest BCUT2D eigenvalue weighted by Crippen LogP contribution is 2.19. The molecule has 0 aliphatic carbocycles. The molecule has 1 atom stereocenters. The van der Waals surface area contributed by atoms with Gasteiger partial charge in [-0.2, -0.15) is 5.10 Å². The summed E-state index contributed by atoms with van der Waals surface area (Å²) >= 11 is 0. The van der Waals surface area contributed by atoms with E-state index >= 15 is 0 Å². The number of aromatic nitrogens is 3. The number of aliphatic hydroxyl groups is 1. The molecule has 0 saturated carbocycles. The van der Waals surface area contributed by atoms with Gasteiger partial charge in [-0.1, -0.05) is 13.3 Å². The van der Waals surface area contributed by atoms with Crippen molar-refractivity contribution >= 4 is 0 Å². The Bertz CT molecular complexity index is 383. The second kappa shape index (κ2) is 5.07. The second-order valence-corrected chi connectivity index (χ2v) is 4.08. The first-order valence-electron chi connectivity index (χ1n) is 5.76. The Hall–Kier alpha value is -1.42. The molecule has 0 aromatic heterocycles. The molecule has 4 heteroatoms. The molecule has 4 nitrogen and oxygen atoms in total. The van der Waals surface area contributed by atoms with E-state index in [-0.39, 0.29) is 6.10 Å². The molecule has 16 heavy (non-hydrogen) atoms. The molecule has 86 valence electrons. The first-order chi connectivity index (χ1) is 7.79. The van der Waals surface area contributed by atoms with Crippen LogP contribution in [0.15, 0.2) is 18.3 Å². The van der Waals surface area contributed by atoms with Gasteiger partial charge in [0.15, 0.2) is 0 Å². The van der Waals surface area contributed by atoms with E-state index < -0.39 is 0 Å². The van der Waals surface area contributed by atoms with E-state index in [0.29, 0.717) is 0 Å². The molecule has 0 bridgehead atoms. The Morgan fingerprint density at radius 2 is 2.31 bits per heavy atom. The molecule has 2 rings (SSSR count). The van der Waals surface area contributed by atoms with Gasteiger partial charge < -0.3 is 5.11 Å². The van der Waals surface area contributed by atoms with Crippen LogP contribution in [0.2, 0.25) is 0 Å². The molecule has 1 unspecified atom stereocenters. The van der Waals surface area contributed by atoms with E-state index in [1.807, 2.05) is 12.1 Å². The zero-order valence-corrected chi connectivity index (χ0v) is 9.48. The first-order valence-corrected chi connectivity index (χ1v) is 5.76. The van der Waals surface area contributed by atoms with Gasteiger partial charge in [-0.3, -0.25) is 10.1 Å². The molecule has 2 N–H and O–H groups in total. The molecule has 0 spiro atoms. The lowest BCUT2D eigenvalue weighted by molar-refractivity contribution is 0.153. The quantitative estimate of drug-likeness (QED) is 0.808. The first kappa shape index (κ1) is 11.1. The standard InChI is InChI=1S/C12H17N3O/c1-2-3-10(16)5-4-9-8-12-11(14-9)6-7-13-15-12/h6-8,10,15-16H,2-5H2,1H3. The number of H-pyrrole nitrogens is 1. The third kappa shape index (κ3) is 2.58. The van der Waals surface area contributed by atoms with Crippen molar-refractivity contribution in [2.45, 2.75) is 38.7 Å². The Morgan fingerprint density at radius 1 is 1.44 bits per heavy atom. The van der Waals surface area contributed by atoms with Crippen LogP contribution in [-0.4, -0.2) is 26.4 Å². The van der Waals surface area contributed by atoms with Gasteiger partial charge in [0.25, 0.3) is 0 Å². The SMILES string of the molecule is CCCC(O)CCc1cc2[nH]nccc-2n1. The minimum atomic E-state index is -0.202. The lowest BCUT2D eigenvalue weighted by Crippen LogP contribution is -2.07. The van der Waals surface area contributed by atoms with Crippen molar-refractivity contribution in [2.24, 2.45) is 0 Å². The summed E-state index contributed by atoms with van der Waals surface area (Å²) in [5.74, 6) is 0. The summed E-state index contributed by atoms with van der Waals surface area (Å²) < 4.78 is 0. The number of aliphatic hydroxyl groups excluding tert-OH is 1. The van der Waals surface area contributed by atoms with Crippen molar-refractivity contribution in [1.29, 1.82) is 0 Å². The van der Waals surface area contributed by atoms with Crippen LogP contribution in [-0.2, 0) is 6.42 Å². The van der Waals surface area contributed by atoms with Crippen LogP contribution >= 0.6 is 0 Å². The average Bonchev–Trinajstić information content (AvgIpc) is 2.69. The molecule has 2 aliphatic heterocycles. The topological polar surface area (TPSA) is 61.8 Å². The summed E-state index contributed by atoms with van der Waals surface area (Å²) in [7, 11) is 0. The Morgan fingerprint density at radius 3 is 3.06 bits per heavy atom. The van der Waals surface area contributed by atoms with Crippen molar-refractivity contribution in [3.8, 4) is 11.4 Å². The van der Waals surface area contributed by atoms with Crippen LogP contribution in [0, 0.1) is 0 Å². The van der Waals surface area contributed by atoms with E-state index in [1.165, 1.54) is 0 Å². The van der Waals surface area contributed by atoms with Crippen molar-refractivity contribution in [1.82, 2.24) is 15.2 Å². The van der Waals surface area contributed by atoms with Crippen LogP contribution < -0.4 is 0 Å². The highest BCUT2D eigenvalue weighted by Gasteiger charge is 2.10. The van der Waals surface area contributed by atoms with Crippen LogP contribution in [0.5, 0.6) is 0 Å². The summed E-state index contributed by atoms with van der Waals surface area (Å²) in [6.45, 7) is 2.08. The number of nitrogens with zero attached hydrogens (tertiary/aromatic N) is 2. The lowest BCUT2D eigenvalue weighted by atomic mass is 10.1. The van der Waals surface area contributed by atoms with Crippen LogP contribution in [0.25, 0.3) is 11.4 Å². The number of fused-ring (bicyclic) bond motifs is 1. The van der Waals surface area contributed by atoms with Crippen LogP contribution in [0.3, 0.4) is 0 Å². The van der Waals surface area contributed by atoms with Gasteiger partial charge in [0.1, 0.15) is 0 Å². The minimum absolute atomic E-state index is 0.202. The predicted molar refractivity (Wildman–Crippen MR) is 62.2 cm³/mol. The molecule has 0 saturated heterocycles. The number of aryl methyl sites for hydroxylation is 1. The summed E-state index contributed by atoms with van der Waals surface area (Å²) in [6.07, 6.45) is 5.00. The van der Waals surface area contributed by atoms with Gasteiger partial charge >= 0.3 is 0 Å². The summed E-state index contributed by atoms with van der Waals surface area (Å²) in [5.41, 5.74) is 2.92. The van der Waals surface area contributed by atoms with E-state index in [9.17, 15) is 5.11 Å². The molecule has 0 fully saturated rings. The average molecular weight is 219 g/mol. The molecule has 2 aliphatic rings. The molecular weight excluding hydrogens is 202 g/mol. The lowest BCUT2D eigenvalue weighted by Gasteiger charge is -2.06. The van der Waals surface area contributed by atoms with E-state index in [0.717, 1.165) is 42.8 Å². The molecule has 0 amide bonds. The zero-order chi connectivity index (χ0) is 11.4. The van der Waals surface area contributed by atoms with Crippen molar-refractivity contribution in [3.05, 3.63) is 24.0 Å². The van der Waals surface area contributed by atoms with Gasteiger partial charge in [-0.25, -0.2) is 0 Å². The van der Waals surface area contributed by atoms with E-state index in [2.05, 4.69) is 22.1 Å². The van der Waals surface area contributed by atoms with Crippen molar-refractivity contribution in [2.75, 3.05) is 0 Å². The largest absolute Gasteiger partial charge is 0.393 e. The van der Waals surface area contributed by atoms with Gasteiger partial charge in [0.2, 0.25) is 0 Å². The number of hydrogen-bond acceptors (Lipinski definition) is 3. The fourth-order valence-corrected chi connectivity index (χ4v) is 1.84. The predicted octanol–water partition coefficient (Wildman–Crippen LogP) is 2.00. The Labute approximate surface area is 95.1 Å². The summed E-state index contributed by atoms with van der Waals surface area (Å²) in [5, 5.41) is 16.5. The number of rotatable bonds is 5. The molecular formula is C12H17N3O. The molecule has 0 radical (unpaired) electrons. The van der Waals surface area contributed by atoms with Crippen LogP contribution in [0.4, 0.5) is 0 Å². The fraction of sp³-hybridized carbons (Fsp3) is 0.500. The number of nitrogens with one attached hydrogen (secondary N) is 1. The maximum Gasteiger partial charge on any atom is 0.0899 e. The summed E-state index contributed by atoms with van der Waals surface area (Å²) in [6, 6.07) is 3.89. The van der Waals surface area contributed by atoms with Gasteiger partial charge in [0.05, 0.1) is 17.5 Å². The van der Waals surface area contributed by atoms with Crippen molar-refractivity contribution < 1.29 is 5.11 Å². The van der Waals surface area contributed by atoms with Gasteiger partial charge in [0, 0.05) is 11.9 Å². The van der Waals surface area contributed by atoms with E-state index in [4.69, 9.17) is 0 Å². The van der Waals surface area contributed by atoms with Crippen LogP contribution in [0.1, 0.15) is 31.9 Å². The smallest absolute Gasteiger partial charge is 0.0899 e. The normalized spacial score (nSPS) is 13.1. The monoisotopic (exact) mass is 219 g/mol. The maximum absolute atomic E-state index is 9.64.